The molecule has 4 nitrogen and oxygen atoms in total. The summed E-state index contributed by atoms with van der Waals surface area (Å²) in [7, 11) is -3.27. The molecule has 0 aromatic heterocycles. The van der Waals surface area contributed by atoms with E-state index in [2.05, 4.69) is 0 Å². The smallest absolute Gasteiger partial charge is 0.214 e. The van der Waals surface area contributed by atoms with Gasteiger partial charge in [-0.2, -0.15) is 0 Å². The fourth-order valence-corrected chi connectivity index (χ4v) is 4.77. The molecule has 0 unspecified atom stereocenters. The van der Waals surface area contributed by atoms with Gasteiger partial charge in [0.15, 0.2) is 5.78 Å². The second-order valence-electron chi connectivity index (χ2n) is 6.46. The van der Waals surface area contributed by atoms with E-state index in [1.807, 2.05) is 60.7 Å². The highest BCUT2D eigenvalue weighted by Crippen LogP contribution is 2.24. The minimum Gasteiger partial charge on any atom is -0.294 e. The van der Waals surface area contributed by atoms with Crippen molar-refractivity contribution in [2.24, 2.45) is 5.92 Å². The Balaban J connectivity index is 1.55. The van der Waals surface area contributed by atoms with Crippen molar-refractivity contribution in [2.45, 2.75) is 19.3 Å². The molecule has 25 heavy (non-hydrogen) atoms. The molecule has 1 aliphatic heterocycles. The molecule has 1 heterocycles. The van der Waals surface area contributed by atoms with Crippen molar-refractivity contribution < 1.29 is 13.2 Å². The molecule has 0 N–H and O–H groups in total. The lowest BCUT2D eigenvalue weighted by molar-refractivity contribution is 0.0875. The number of Topliss-reactive ketones (excluding diaryl/α,β-unsaturated/α-hetero) is 1. The van der Waals surface area contributed by atoms with E-state index in [1.54, 1.807) is 4.31 Å². The second kappa shape index (κ2) is 7.93. The number of rotatable bonds is 6. The molecule has 0 amide bonds. The van der Waals surface area contributed by atoms with Gasteiger partial charge < -0.3 is 0 Å². The molecule has 1 fully saturated rings. The lowest BCUT2D eigenvalue weighted by Crippen LogP contribution is -2.41. The van der Waals surface area contributed by atoms with Gasteiger partial charge in [0.2, 0.25) is 10.0 Å². The molecule has 2 aromatic carbocycles. The molecule has 0 bridgehead atoms. The van der Waals surface area contributed by atoms with Crippen LogP contribution in [0.5, 0.6) is 0 Å². The Labute approximate surface area is 149 Å². The number of ketones is 1. The SMILES string of the molecule is O=C(c1ccccc1)C1CCN(S(=O)(=O)CCc2ccccc2)CC1. The van der Waals surface area contributed by atoms with Crippen molar-refractivity contribution in [3.8, 4) is 0 Å². The van der Waals surface area contributed by atoms with E-state index >= 15 is 0 Å². The maximum atomic E-state index is 12.5. The van der Waals surface area contributed by atoms with Gasteiger partial charge in [-0.3, -0.25) is 4.79 Å². The average molecular weight is 357 g/mol. The van der Waals surface area contributed by atoms with Crippen LogP contribution in [0.25, 0.3) is 0 Å². The van der Waals surface area contributed by atoms with Crippen LogP contribution in [0, 0.1) is 5.92 Å². The van der Waals surface area contributed by atoms with Crippen LogP contribution < -0.4 is 0 Å². The summed E-state index contributed by atoms with van der Waals surface area (Å²) in [6, 6.07) is 18.9. The number of piperidine rings is 1. The largest absolute Gasteiger partial charge is 0.294 e. The van der Waals surface area contributed by atoms with Crippen LogP contribution in [0.3, 0.4) is 0 Å². The van der Waals surface area contributed by atoms with E-state index in [1.165, 1.54) is 0 Å². The van der Waals surface area contributed by atoms with Crippen molar-refractivity contribution in [3.05, 3.63) is 71.8 Å². The van der Waals surface area contributed by atoms with Crippen LogP contribution in [0.2, 0.25) is 0 Å². The van der Waals surface area contributed by atoms with Crippen molar-refractivity contribution in [1.29, 1.82) is 0 Å². The van der Waals surface area contributed by atoms with E-state index in [4.69, 9.17) is 0 Å². The van der Waals surface area contributed by atoms with E-state index in [0.717, 1.165) is 5.56 Å². The van der Waals surface area contributed by atoms with Crippen LogP contribution in [-0.4, -0.2) is 37.3 Å². The lowest BCUT2D eigenvalue weighted by atomic mass is 9.90. The number of carbonyl (C=O) groups excluding carboxylic acids is 1. The molecule has 132 valence electrons. The number of nitrogens with zero attached hydrogens (tertiary/aromatic N) is 1. The predicted octanol–water partition coefficient (Wildman–Crippen LogP) is 3.15. The molecule has 3 rings (SSSR count). The summed E-state index contributed by atoms with van der Waals surface area (Å²) in [6.07, 6.45) is 1.71. The topological polar surface area (TPSA) is 54.5 Å². The minimum atomic E-state index is -3.27. The Morgan fingerprint density at radius 3 is 2.08 bits per heavy atom. The summed E-state index contributed by atoms with van der Waals surface area (Å²) < 4.78 is 26.6. The number of benzene rings is 2. The Morgan fingerprint density at radius 1 is 0.920 bits per heavy atom. The van der Waals surface area contributed by atoms with Gasteiger partial charge >= 0.3 is 0 Å². The van der Waals surface area contributed by atoms with E-state index in [0.29, 0.717) is 37.9 Å². The number of sulfonamides is 1. The highest BCUT2D eigenvalue weighted by molar-refractivity contribution is 7.89. The quantitative estimate of drug-likeness (QED) is 0.746. The molecule has 0 saturated carbocycles. The van der Waals surface area contributed by atoms with Gasteiger partial charge in [-0.1, -0.05) is 60.7 Å². The molecular formula is C20H23NO3S. The van der Waals surface area contributed by atoms with Gasteiger partial charge in [-0.25, -0.2) is 12.7 Å². The summed E-state index contributed by atoms with van der Waals surface area (Å²) in [4.78, 5) is 12.5. The number of carbonyl (C=O) groups is 1. The van der Waals surface area contributed by atoms with Crippen molar-refractivity contribution in [3.63, 3.8) is 0 Å². The highest BCUT2D eigenvalue weighted by Gasteiger charge is 2.31. The van der Waals surface area contributed by atoms with Crippen molar-refractivity contribution >= 4 is 15.8 Å². The van der Waals surface area contributed by atoms with E-state index in [-0.39, 0.29) is 17.5 Å². The van der Waals surface area contributed by atoms with Crippen molar-refractivity contribution in [2.75, 3.05) is 18.8 Å². The lowest BCUT2D eigenvalue weighted by Gasteiger charge is -2.30. The number of aryl methyl sites for hydroxylation is 1. The first-order valence-electron chi connectivity index (χ1n) is 8.67. The Hall–Kier alpha value is -1.98. The normalized spacial score (nSPS) is 16.6. The van der Waals surface area contributed by atoms with Crippen LogP contribution in [0.1, 0.15) is 28.8 Å². The first kappa shape index (κ1) is 17.8. The summed E-state index contributed by atoms with van der Waals surface area (Å²) in [5.74, 6) is 0.166. The zero-order valence-corrected chi connectivity index (χ0v) is 15.0. The Morgan fingerprint density at radius 2 is 1.48 bits per heavy atom. The molecule has 0 spiro atoms. The molecule has 5 heteroatoms. The Kier molecular flexibility index (Phi) is 5.66. The number of hydrogen-bond acceptors (Lipinski definition) is 3. The second-order valence-corrected chi connectivity index (χ2v) is 8.54. The molecule has 2 aromatic rings. The molecular weight excluding hydrogens is 334 g/mol. The van der Waals surface area contributed by atoms with Crippen LogP contribution in [0.4, 0.5) is 0 Å². The van der Waals surface area contributed by atoms with Gasteiger partial charge in [0.25, 0.3) is 0 Å². The summed E-state index contributed by atoms with van der Waals surface area (Å²) in [5, 5.41) is 0. The van der Waals surface area contributed by atoms with Crippen LogP contribution in [0.15, 0.2) is 60.7 Å². The molecule has 0 aliphatic carbocycles. The Bertz CT molecular complexity index is 795. The first-order chi connectivity index (χ1) is 12.1. The fourth-order valence-electron chi connectivity index (χ4n) is 3.25. The third kappa shape index (κ3) is 4.55. The van der Waals surface area contributed by atoms with Gasteiger partial charge in [0.05, 0.1) is 5.75 Å². The maximum Gasteiger partial charge on any atom is 0.214 e. The zero-order chi connectivity index (χ0) is 17.7. The average Bonchev–Trinajstić information content (AvgIpc) is 2.67. The van der Waals surface area contributed by atoms with Gasteiger partial charge in [-0.05, 0) is 24.8 Å². The van der Waals surface area contributed by atoms with E-state index in [9.17, 15) is 13.2 Å². The molecule has 0 atom stereocenters. The standard InChI is InChI=1S/C20H23NO3S/c22-20(18-9-5-2-6-10-18)19-11-14-21(15-12-19)25(23,24)16-13-17-7-3-1-4-8-17/h1-10,19H,11-16H2. The maximum absolute atomic E-state index is 12.5. The highest BCUT2D eigenvalue weighted by atomic mass is 32.2. The van der Waals surface area contributed by atoms with Crippen LogP contribution in [-0.2, 0) is 16.4 Å². The fraction of sp³-hybridized carbons (Fsp3) is 0.350. The summed E-state index contributed by atoms with van der Waals surface area (Å²) in [5.41, 5.74) is 1.74. The third-order valence-electron chi connectivity index (χ3n) is 4.77. The van der Waals surface area contributed by atoms with Gasteiger partial charge in [0.1, 0.15) is 0 Å². The minimum absolute atomic E-state index is 0.0806. The third-order valence-corrected chi connectivity index (χ3v) is 6.64. The number of hydrogen-bond donors (Lipinski definition) is 0. The van der Waals surface area contributed by atoms with Crippen molar-refractivity contribution in [1.82, 2.24) is 4.31 Å². The van der Waals surface area contributed by atoms with E-state index < -0.39 is 10.0 Å². The summed E-state index contributed by atoms with van der Waals surface area (Å²) in [6.45, 7) is 0.862. The molecule has 0 radical (unpaired) electrons. The molecule has 1 aliphatic rings. The van der Waals surface area contributed by atoms with Gasteiger partial charge in [0, 0.05) is 24.6 Å². The predicted molar refractivity (Wildman–Crippen MR) is 99.0 cm³/mol. The first-order valence-corrected chi connectivity index (χ1v) is 10.3. The summed E-state index contributed by atoms with van der Waals surface area (Å²) >= 11 is 0. The molecule has 1 saturated heterocycles. The van der Waals surface area contributed by atoms with Crippen LogP contribution >= 0.6 is 0 Å². The van der Waals surface area contributed by atoms with Gasteiger partial charge in [-0.15, -0.1) is 0 Å². The monoisotopic (exact) mass is 357 g/mol. The zero-order valence-electron chi connectivity index (χ0n) is 14.2.